The Labute approximate surface area is 118 Å². The summed E-state index contributed by atoms with van der Waals surface area (Å²) >= 11 is 0. The van der Waals surface area contributed by atoms with Crippen molar-refractivity contribution in [2.45, 2.75) is 26.9 Å². The van der Waals surface area contributed by atoms with Crippen LogP contribution in [0.1, 0.15) is 18.2 Å². The van der Waals surface area contributed by atoms with Crippen molar-refractivity contribution in [3.8, 4) is 0 Å². The summed E-state index contributed by atoms with van der Waals surface area (Å²) in [6, 6.07) is 10.4. The average molecular weight is 266 g/mol. The monoisotopic (exact) mass is 266 g/mol. The van der Waals surface area contributed by atoms with Crippen LogP contribution in [-0.4, -0.2) is 14.8 Å². The summed E-state index contributed by atoms with van der Waals surface area (Å²) in [7, 11) is 0. The van der Waals surface area contributed by atoms with Gasteiger partial charge in [0.2, 0.25) is 0 Å². The van der Waals surface area contributed by atoms with Crippen LogP contribution in [0.3, 0.4) is 0 Å². The minimum absolute atomic E-state index is 0.765. The summed E-state index contributed by atoms with van der Waals surface area (Å²) in [5.74, 6) is 0. The first kappa shape index (κ1) is 12.7. The topological polar surface area (TPSA) is 42.7 Å². The fourth-order valence-electron chi connectivity index (χ4n) is 2.45. The van der Waals surface area contributed by atoms with Crippen molar-refractivity contribution < 1.29 is 0 Å². The van der Waals surface area contributed by atoms with E-state index in [2.05, 4.69) is 47.4 Å². The summed E-state index contributed by atoms with van der Waals surface area (Å²) < 4.78 is 2.00. The summed E-state index contributed by atoms with van der Waals surface area (Å²) in [5.41, 5.74) is 4.55. The number of rotatable bonds is 4. The lowest BCUT2D eigenvalue weighted by molar-refractivity contribution is 0.628. The second-order valence-corrected chi connectivity index (χ2v) is 4.82. The van der Waals surface area contributed by atoms with Crippen molar-refractivity contribution in [1.82, 2.24) is 14.8 Å². The van der Waals surface area contributed by atoms with Crippen LogP contribution in [0.5, 0.6) is 0 Å². The number of fused-ring (bicyclic) bond motifs is 1. The van der Waals surface area contributed by atoms with Gasteiger partial charge in [-0.2, -0.15) is 5.10 Å². The molecule has 20 heavy (non-hydrogen) atoms. The predicted octanol–water partition coefficient (Wildman–Crippen LogP) is 3.37. The zero-order valence-corrected chi connectivity index (χ0v) is 11.8. The predicted molar refractivity (Wildman–Crippen MR) is 81.7 cm³/mol. The quantitative estimate of drug-likeness (QED) is 0.787. The van der Waals surface area contributed by atoms with Crippen LogP contribution < -0.4 is 5.32 Å². The van der Waals surface area contributed by atoms with Gasteiger partial charge >= 0.3 is 0 Å². The molecule has 3 rings (SSSR count). The second-order valence-electron chi connectivity index (χ2n) is 4.82. The lowest BCUT2D eigenvalue weighted by Crippen LogP contribution is -2.08. The Morgan fingerprint density at radius 1 is 1.15 bits per heavy atom. The molecule has 1 N–H and O–H groups in total. The maximum atomic E-state index is 4.46. The molecule has 1 aromatic carbocycles. The number of aromatic nitrogens is 3. The van der Waals surface area contributed by atoms with Gasteiger partial charge in [-0.25, -0.2) is 0 Å². The molecular formula is C16H18N4. The minimum Gasteiger partial charge on any atom is -0.379 e. The van der Waals surface area contributed by atoms with Crippen LogP contribution in [-0.2, 0) is 13.1 Å². The van der Waals surface area contributed by atoms with E-state index in [0.29, 0.717) is 0 Å². The van der Waals surface area contributed by atoms with Crippen molar-refractivity contribution in [3.63, 3.8) is 0 Å². The maximum absolute atomic E-state index is 4.46. The van der Waals surface area contributed by atoms with Crippen molar-refractivity contribution in [2.24, 2.45) is 0 Å². The third-order valence-electron chi connectivity index (χ3n) is 3.54. The summed E-state index contributed by atoms with van der Waals surface area (Å²) in [6.07, 6.45) is 3.68. The molecule has 0 atom stereocenters. The Hall–Kier alpha value is -2.36. The molecular weight excluding hydrogens is 248 g/mol. The van der Waals surface area contributed by atoms with Crippen molar-refractivity contribution in [1.29, 1.82) is 0 Å². The van der Waals surface area contributed by atoms with E-state index >= 15 is 0 Å². The van der Waals surface area contributed by atoms with E-state index in [9.17, 15) is 0 Å². The van der Waals surface area contributed by atoms with E-state index in [1.165, 1.54) is 11.3 Å². The van der Waals surface area contributed by atoms with Crippen LogP contribution in [0, 0.1) is 6.92 Å². The van der Waals surface area contributed by atoms with Crippen molar-refractivity contribution in [3.05, 3.63) is 54.0 Å². The lowest BCUT2D eigenvalue weighted by Gasteiger charge is -2.11. The van der Waals surface area contributed by atoms with Gasteiger partial charge in [0.15, 0.2) is 0 Å². The highest BCUT2D eigenvalue weighted by Gasteiger charge is 2.05. The molecule has 0 spiro atoms. The normalized spacial score (nSPS) is 10.9. The minimum atomic E-state index is 0.765. The molecule has 0 aliphatic rings. The largest absolute Gasteiger partial charge is 0.379 e. The SMILES string of the molecule is CCn1nccc1CNc1ccc(C)c2ncccc12. The molecule has 102 valence electrons. The number of anilines is 1. The Bertz CT molecular complexity index is 730. The molecule has 0 radical (unpaired) electrons. The summed E-state index contributed by atoms with van der Waals surface area (Å²) in [5, 5.41) is 8.94. The van der Waals surface area contributed by atoms with E-state index in [0.717, 1.165) is 29.7 Å². The molecule has 0 unspecified atom stereocenters. The van der Waals surface area contributed by atoms with E-state index in [1.807, 2.05) is 29.2 Å². The molecule has 0 aliphatic carbocycles. The molecule has 0 bridgehead atoms. The summed E-state index contributed by atoms with van der Waals surface area (Å²) in [4.78, 5) is 4.46. The van der Waals surface area contributed by atoms with Gasteiger partial charge in [0.05, 0.1) is 17.8 Å². The molecule has 2 aromatic heterocycles. The average Bonchev–Trinajstić information content (AvgIpc) is 2.94. The first-order valence-electron chi connectivity index (χ1n) is 6.88. The molecule has 4 heteroatoms. The van der Waals surface area contributed by atoms with Crippen LogP contribution in [0.15, 0.2) is 42.7 Å². The van der Waals surface area contributed by atoms with Gasteiger partial charge in [0.1, 0.15) is 0 Å². The third-order valence-corrected chi connectivity index (χ3v) is 3.54. The molecule has 0 saturated heterocycles. The summed E-state index contributed by atoms with van der Waals surface area (Å²) in [6.45, 7) is 5.84. The number of hydrogen-bond donors (Lipinski definition) is 1. The van der Waals surface area contributed by atoms with Crippen LogP contribution in [0.2, 0.25) is 0 Å². The number of hydrogen-bond acceptors (Lipinski definition) is 3. The van der Waals surface area contributed by atoms with E-state index < -0.39 is 0 Å². The zero-order chi connectivity index (χ0) is 13.9. The van der Waals surface area contributed by atoms with Gasteiger partial charge < -0.3 is 5.32 Å². The number of nitrogens with one attached hydrogen (secondary N) is 1. The van der Waals surface area contributed by atoms with Crippen molar-refractivity contribution in [2.75, 3.05) is 5.32 Å². The highest BCUT2D eigenvalue weighted by Crippen LogP contribution is 2.24. The standard InChI is InChI=1S/C16H18N4/c1-3-20-13(8-10-19-20)11-18-15-7-6-12(2)16-14(15)5-4-9-17-16/h4-10,18H,3,11H2,1-2H3. The second kappa shape index (κ2) is 5.33. The fourth-order valence-corrected chi connectivity index (χ4v) is 2.45. The lowest BCUT2D eigenvalue weighted by atomic mass is 10.1. The number of aryl methyl sites for hydroxylation is 2. The smallest absolute Gasteiger partial charge is 0.0751 e. The molecule has 0 amide bonds. The number of benzene rings is 1. The number of pyridine rings is 1. The molecule has 2 heterocycles. The third kappa shape index (κ3) is 2.25. The van der Waals surface area contributed by atoms with Gasteiger partial charge in [0, 0.05) is 30.0 Å². The van der Waals surface area contributed by atoms with Gasteiger partial charge in [0.25, 0.3) is 0 Å². The number of nitrogens with zero attached hydrogens (tertiary/aromatic N) is 3. The Balaban J connectivity index is 1.90. The molecule has 0 fully saturated rings. The highest BCUT2D eigenvalue weighted by atomic mass is 15.3. The van der Waals surface area contributed by atoms with Crippen LogP contribution in [0.4, 0.5) is 5.69 Å². The zero-order valence-electron chi connectivity index (χ0n) is 11.8. The van der Waals surface area contributed by atoms with Gasteiger partial charge in [-0.1, -0.05) is 6.07 Å². The Morgan fingerprint density at radius 3 is 2.90 bits per heavy atom. The first-order valence-corrected chi connectivity index (χ1v) is 6.88. The first-order chi connectivity index (χ1) is 9.79. The van der Waals surface area contributed by atoms with Gasteiger partial charge in [-0.15, -0.1) is 0 Å². The maximum Gasteiger partial charge on any atom is 0.0751 e. The molecule has 3 aromatic rings. The van der Waals surface area contributed by atoms with Gasteiger partial charge in [-0.05, 0) is 43.7 Å². The van der Waals surface area contributed by atoms with E-state index in [-0.39, 0.29) is 0 Å². The fraction of sp³-hybridized carbons (Fsp3) is 0.250. The van der Waals surface area contributed by atoms with Crippen LogP contribution >= 0.6 is 0 Å². The molecule has 4 nitrogen and oxygen atoms in total. The molecule has 0 aliphatic heterocycles. The van der Waals surface area contributed by atoms with Crippen LogP contribution in [0.25, 0.3) is 10.9 Å². The Morgan fingerprint density at radius 2 is 2.05 bits per heavy atom. The Kier molecular flexibility index (Phi) is 3.37. The highest BCUT2D eigenvalue weighted by molar-refractivity contribution is 5.93. The van der Waals surface area contributed by atoms with Crippen molar-refractivity contribution >= 4 is 16.6 Å². The van der Waals surface area contributed by atoms with E-state index in [1.54, 1.807) is 0 Å². The molecule has 0 saturated carbocycles. The van der Waals surface area contributed by atoms with Gasteiger partial charge in [-0.3, -0.25) is 9.67 Å². The van der Waals surface area contributed by atoms with E-state index in [4.69, 9.17) is 0 Å².